The maximum atomic E-state index is 13.1. The number of anilines is 1. The van der Waals surface area contributed by atoms with Gasteiger partial charge in [0, 0.05) is 17.3 Å². The van der Waals surface area contributed by atoms with Crippen molar-refractivity contribution in [1.82, 2.24) is 0 Å². The van der Waals surface area contributed by atoms with E-state index < -0.39 is 0 Å². The molecule has 106 valence electrons. The third kappa shape index (κ3) is 4.03. The minimum absolute atomic E-state index is 0.359. The first-order valence-electron chi connectivity index (χ1n) is 6.15. The quantitative estimate of drug-likeness (QED) is 0.818. The molecule has 0 heterocycles. The molecule has 0 fully saturated rings. The highest BCUT2D eigenvalue weighted by molar-refractivity contribution is 6.30. The van der Waals surface area contributed by atoms with Gasteiger partial charge in [0.15, 0.2) is 11.5 Å². The molecule has 0 bridgehead atoms. The van der Waals surface area contributed by atoms with Crippen LogP contribution in [0.4, 0.5) is 10.1 Å². The number of para-hydroxylation sites is 2. The predicted molar refractivity (Wildman–Crippen MR) is 78.4 cm³/mol. The molecule has 0 aliphatic rings. The van der Waals surface area contributed by atoms with Crippen molar-refractivity contribution in [3.8, 4) is 11.5 Å². The van der Waals surface area contributed by atoms with Crippen LogP contribution in [0.2, 0.25) is 5.02 Å². The van der Waals surface area contributed by atoms with Gasteiger partial charge in [-0.2, -0.15) is 0 Å². The highest BCUT2D eigenvalue weighted by Gasteiger charge is 2.02. The summed E-state index contributed by atoms with van der Waals surface area (Å²) in [5.74, 6) is 0.987. The molecule has 0 aliphatic heterocycles. The van der Waals surface area contributed by atoms with Crippen molar-refractivity contribution >= 4 is 17.3 Å². The Bertz CT molecular complexity index is 557. The van der Waals surface area contributed by atoms with Crippen LogP contribution in [0.5, 0.6) is 11.5 Å². The minimum Gasteiger partial charge on any atom is -0.493 e. The number of halogens is 2. The number of rotatable bonds is 6. The molecule has 1 N–H and O–H groups in total. The summed E-state index contributed by atoms with van der Waals surface area (Å²) in [4.78, 5) is 0. The van der Waals surface area contributed by atoms with Gasteiger partial charge >= 0.3 is 0 Å². The normalized spacial score (nSPS) is 10.2. The monoisotopic (exact) mass is 295 g/mol. The lowest BCUT2D eigenvalue weighted by Crippen LogP contribution is -2.12. The van der Waals surface area contributed by atoms with Gasteiger partial charge in [-0.05, 0) is 30.3 Å². The Morgan fingerprint density at radius 2 is 1.90 bits per heavy atom. The molecule has 0 radical (unpaired) electrons. The van der Waals surface area contributed by atoms with Crippen molar-refractivity contribution in [2.45, 2.75) is 0 Å². The number of hydrogen-bond donors (Lipinski definition) is 1. The second-order valence-corrected chi connectivity index (χ2v) is 4.52. The molecular weight excluding hydrogens is 281 g/mol. The summed E-state index contributed by atoms with van der Waals surface area (Å²) in [7, 11) is 1.59. The van der Waals surface area contributed by atoms with Crippen LogP contribution in [-0.4, -0.2) is 20.3 Å². The van der Waals surface area contributed by atoms with Crippen LogP contribution < -0.4 is 14.8 Å². The van der Waals surface area contributed by atoms with Crippen molar-refractivity contribution in [3.63, 3.8) is 0 Å². The molecule has 20 heavy (non-hydrogen) atoms. The Kier molecular flexibility index (Phi) is 5.07. The van der Waals surface area contributed by atoms with E-state index >= 15 is 0 Å². The Labute approximate surface area is 122 Å². The molecule has 0 amide bonds. The fourth-order valence-electron chi connectivity index (χ4n) is 1.75. The van der Waals surface area contributed by atoms with E-state index in [1.165, 1.54) is 12.1 Å². The molecule has 2 aromatic rings. The number of benzene rings is 2. The van der Waals surface area contributed by atoms with Gasteiger partial charge in [0.2, 0.25) is 0 Å². The summed E-state index contributed by atoms with van der Waals surface area (Å²) < 4.78 is 23.9. The molecule has 2 rings (SSSR count). The summed E-state index contributed by atoms with van der Waals surface area (Å²) >= 11 is 5.77. The molecule has 0 unspecified atom stereocenters. The number of ether oxygens (including phenoxy) is 2. The van der Waals surface area contributed by atoms with Gasteiger partial charge in [0.05, 0.1) is 7.11 Å². The lowest BCUT2D eigenvalue weighted by atomic mass is 10.3. The van der Waals surface area contributed by atoms with Gasteiger partial charge in [0.1, 0.15) is 12.4 Å². The van der Waals surface area contributed by atoms with Gasteiger partial charge < -0.3 is 14.8 Å². The largest absolute Gasteiger partial charge is 0.493 e. The fraction of sp³-hybridized carbons (Fsp3) is 0.200. The number of hydrogen-bond acceptors (Lipinski definition) is 3. The summed E-state index contributed by atoms with van der Waals surface area (Å²) in [6.07, 6.45) is 0. The smallest absolute Gasteiger partial charge is 0.161 e. The Morgan fingerprint density at radius 1 is 1.15 bits per heavy atom. The first-order chi connectivity index (χ1) is 9.69. The molecular formula is C15H15ClFNO2. The standard InChI is InChI=1S/C15H15ClFNO2/c1-19-14-4-2-3-5-15(14)20-7-6-18-13-9-11(16)8-12(17)10-13/h2-5,8-10,18H,6-7H2,1H3. The van der Waals surface area contributed by atoms with Crippen molar-refractivity contribution < 1.29 is 13.9 Å². The first-order valence-corrected chi connectivity index (χ1v) is 6.52. The van der Waals surface area contributed by atoms with E-state index in [4.69, 9.17) is 21.1 Å². The van der Waals surface area contributed by atoms with Crippen LogP contribution in [-0.2, 0) is 0 Å². The Hall–Kier alpha value is -1.94. The lowest BCUT2D eigenvalue weighted by Gasteiger charge is -2.11. The van der Waals surface area contributed by atoms with E-state index in [0.29, 0.717) is 35.4 Å². The molecule has 0 saturated heterocycles. The van der Waals surface area contributed by atoms with Crippen molar-refractivity contribution in [2.24, 2.45) is 0 Å². The maximum Gasteiger partial charge on any atom is 0.161 e. The van der Waals surface area contributed by atoms with Crippen LogP contribution in [0.25, 0.3) is 0 Å². The zero-order chi connectivity index (χ0) is 14.4. The van der Waals surface area contributed by atoms with Crippen LogP contribution in [0, 0.1) is 5.82 Å². The third-order valence-electron chi connectivity index (χ3n) is 2.62. The van der Waals surface area contributed by atoms with Crippen LogP contribution in [0.1, 0.15) is 0 Å². The van der Waals surface area contributed by atoms with Gasteiger partial charge in [-0.25, -0.2) is 4.39 Å². The third-order valence-corrected chi connectivity index (χ3v) is 2.84. The van der Waals surface area contributed by atoms with Crippen LogP contribution in [0.15, 0.2) is 42.5 Å². The number of nitrogens with one attached hydrogen (secondary N) is 1. The molecule has 2 aromatic carbocycles. The van der Waals surface area contributed by atoms with Crippen LogP contribution >= 0.6 is 11.6 Å². The Morgan fingerprint density at radius 3 is 2.60 bits per heavy atom. The van der Waals surface area contributed by atoms with E-state index in [2.05, 4.69) is 5.32 Å². The summed E-state index contributed by atoms with van der Waals surface area (Å²) in [5, 5.41) is 3.40. The first kappa shape index (κ1) is 14.5. The molecule has 0 aromatic heterocycles. The lowest BCUT2D eigenvalue weighted by molar-refractivity contribution is 0.306. The molecule has 0 spiro atoms. The van der Waals surface area contributed by atoms with Crippen LogP contribution in [0.3, 0.4) is 0 Å². The second kappa shape index (κ2) is 7.01. The SMILES string of the molecule is COc1ccccc1OCCNc1cc(F)cc(Cl)c1. The van der Waals surface area contributed by atoms with Gasteiger partial charge in [-0.15, -0.1) is 0 Å². The number of methoxy groups -OCH3 is 1. The zero-order valence-corrected chi connectivity index (χ0v) is 11.8. The molecule has 5 heteroatoms. The zero-order valence-electron chi connectivity index (χ0n) is 11.0. The topological polar surface area (TPSA) is 30.5 Å². The van der Waals surface area contributed by atoms with Crippen molar-refractivity contribution in [2.75, 3.05) is 25.6 Å². The van der Waals surface area contributed by atoms with Crippen molar-refractivity contribution in [1.29, 1.82) is 0 Å². The van der Waals surface area contributed by atoms with Crippen molar-refractivity contribution in [3.05, 3.63) is 53.3 Å². The molecule has 3 nitrogen and oxygen atoms in total. The molecule has 0 aliphatic carbocycles. The predicted octanol–water partition coefficient (Wildman–Crippen LogP) is 3.98. The average Bonchev–Trinajstić information content (AvgIpc) is 2.43. The van der Waals surface area contributed by atoms with Gasteiger partial charge in [-0.3, -0.25) is 0 Å². The fourth-order valence-corrected chi connectivity index (χ4v) is 1.97. The highest BCUT2D eigenvalue weighted by atomic mass is 35.5. The van der Waals surface area contributed by atoms with E-state index in [1.807, 2.05) is 24.3 Å². The maximum absolute atomic E-state index is 13.1. The highest BCUT2D eigenvalue weighted by Crippen LogP contribution is 2.25. The van der Waals surface area contributed by atoms with Gasteiger partial charge in [0.25, 0.3) is 0 Å². The van der Waals surface area contributed by atoms with E-state index in [0.717, 1.165) is 0 Å². The molecule has 0 saturated carbocycles. The minimum atomic E-state index is -0.370. The Balaban J connectivity index is 1.84. The van der Waals surface area contributed by atoms with E-state index in [-0.39, 0.29) is 5.82 Å². The summed E-state index contributed by atoms with van der Waals surface area (Å²) in [6.45, 7) is 0.951. The molecule has 0 atom stereocenters. The second-order valence-electron chi connectivity index (χ2n) is 4.08. The van der Waals surface area contributed by atoms with Gasteiger partial charge in [-0.1, -0.05) is 23.7 Å². The average molecular weight is 296 g/mol. The summed E-state index contributed by atoms with van der Waals surface area (Å²) in [6, 6.07) is 11.7. The van der Waals surface area contributed by atoms with E-state index in [1.54, 1.807) is 13.2 Å². The van der Waals surface area contributed by atoms with E-state index in [9.17, 15) is 4.39 Å². The summed E-state index contributed by atoms with van der Waals surface area (Å²) in [5.41, 5.74) is 0.624.